The summed E-state index contributed by atoms with van der Waals surface area (Å²) in [5, 5.41) is 18.0. The lowest BCUT2D eigenvalue weighted by molar-refractivity contribution is 0.291. The summed E-state index contributed by atoms with van der Waals surface area (Å²) in [7, 11) is 1.91. The molecule has 1 aromatic carbocycles. The fourth-order valence-corrected chi connectivity index (χ4v) is 6.01. The second kappa shape index (κ2) is 10.4. The molecule has 0 bridgehead atoms. The van der Waals surface area contributed by atoms with E-state index < -0.39 is 0 Å². The second-order valence-electron chi connectivity index (χ2n) is 11.1. The van der Waals surface area contributed by atoms with Gasteiger partial charge in [-0.1, -0.05) is 63.3 Å². The Hall–Kier alpha value is -4.20. The molecular weight excluding hydrogens is 498 g/mol. The van der Waals surface area contributed by atoms with Crippen molar-refractivity contribution < 1.29 is 4.74 Å². The first-order valence-corrected chi connectivity index (χ1v) is 14.2. The standard InChI is InChI=1S/C32H37N7O/c1-7-40-32-28(16-24-18-37(6)36-31(24)33-32)39-22(5)29(20(2)3)30(35-39)25-14-11-15-27-26(25)19-38(34-27)17-21(4)23-12-9-8-10-13-23/h8-16,18,20-21,26H,7,17,19H2,1-6H3. The molecule has 0 radical (unpaired) electrons. The van der Waals surface area contributed by atoms with E-state index in [0.717, 1.165) is 41.3 Å². The largest absolute Gasteiger partial charge is 0.476 e. The molecule has 0 N–H and O–H groups in total. The molecule has 3 aromatic heterocycles. The molecule has 1 aliphatic heterocycles. The van der Waals surface area contributed by atoms with E-state index in [2.05, 4.69) is 92.4 Å². The van der Waals surface area contributed by atoms with Crippen molar-refractivity contribution in [3.05, 3.63) is 83.3 Å². The summed E-state index contributed by atoms with van der Waals surface area (Å²) >= 11 is 0. The highest BCUT2D eigenvalue weighted by Gasteiger charge is 2.35. The van der Waals surface area contributed by atoms with Gasteiger partial charge in [-0.05, 0) is 43.0 Å². The van der Waals surface area contributed by atoms with Crippen LogP contribution in [-0.4, -0.2) is 55.0 Å². The number of aryl methyl sites for hydroxylation is 1. The molecule has 2 atom stereocenters. The quantitative estimate of drug-likeness (QED) is 0.275. The number of hydrogen-bond donors (Lipinski definition) is 0. The van der Waals surface area contributed by atoms with Crippen LogP contribution < -0.4 is 4.74 Å². The maximum atomic E-state index is 6.00. The Labute approximate surface area is 235 Å². The Morgan fingerprint density at radius 2 is 1.90 bits per heavy atom. The minimum Gasteiger partial charge on any atom is -0.476 e. The van der Waals surface area contributed by atoms with Gasteiger partial charge in [0.25, 0.3) is 0 Å². The first-order chi connectivity index (χ1) is 19.3. The Bertz CT molecular complexity index is 1640. The zero-order chi connectivity index (χ0) is 28.0. The van der Waals surface area contributed by atoms with Gasteiger partial charge in [0, 0.05) is 54.8 Å². The predicted molar refractivity (Wildman–Crippen MR) is 160 cm³/mol. The molecule has 8 nitrogen and oxygen atoms in total. The highest BCUT2D eigenvalue weighted by atomic mass is 16.5. The van der Waals surface area contributed by atoms with Gasteiger partial charge in [-0.3, -0.25) is 9.69 Å². The SMILES string of the molecule is CCOc1nc2nn(C)cc2cc1-n1nc(C2=CC=CC3=NN(CC(C)c4ccccc4)CC23)c(C(C)C)c1C. The van der Waals surface area contributed by atoms with Crippen LogP contribution in [0.25, 0.3) is 22.3 Å². The van der Waals surface area contributed by atoms with E-state index in [9.17, 15) is 0 Å². The van der Waals surface area contributed by atoms with Crippen LogP contribution in [0.2, 0.25) is 0 Å². The van der Waals surface area contributed by atoms with Crippen LogP contribution in [0.15, 0.2) is 65.9 Å². The van der Waals surface area contributed by atoms with Crippen molar-refractivity contribution >= 4 is 22.3 Å². The van der Waals surface area contributed by atoms with Crippen molar-refractivity contribution in [2.24, 2.45) is 18.1 Å². The molecule has 4 aromatic rings. The van der Waals surface area contributed by atoms with Gasteiger partial charge < -0.3 is 4.74 Å². The average molecular weight is 536 g/mol. The van der Waals surface area contributed by atoms with E-state index >= 15 is 0 Å². The maximum absolute atomic E-state index is 6.00. The van der Waals surface area contributed by atoms with E-state index in [-0.39, 0.29) is 11.8 Å². The molecule has 0 fully saturated rings. The van der Waals surface area contributed by atoms with Gasteiger partial charge in [0.15, 0.2) is 5.65 Å². The van der Waals surface area contributed by atoms with Crippen molar-refractivity contribution in [1.82, 2.24) is 29.6 Å². The minimum absolute atomic E-state index is 0.179. The number of allylic oxidation sites excluding steroid dienone is 3. The molecule has 8 heteroatoms. The zero-order valence-corrected chi connectivity index (χ0v) is 24.2. The van der Waals surface area contributed by atoms with Crippen LogP contribution in [0.5, 0.6) is 5.88 Å². The van der Waals surface area contributed by atoms with Crippen LogP contribution in [0.3, 0.4) is 0 Å². The summed E-state index contributed by atoms with van der Waals surface area (Å²) in [5.74, 6) is 1.40. The summed E-state index contributed by atoms with van der Waals surface area (Å²) in [6.45, 7) is 13.1. The number of hydrogen-bond acceptors (Lipinski definition) is 6. The monoisotopic (exact) mass is 535 g/mol. The van der Waals surface area contributed by atoms with Gasteiger partial charge in [-0.25, -0.2) is 4.68 Å². The Kier molecular flexibility index (Phi) is 6.78. The molecular formula is C32H37N7O. The molecule has 0 saturated heterocycles. The molecule has 2 unspecified atom stereocenters. The Balaban J connectivity index is 1.37. The third kappa shape index (κ3) is 4.61. The predicted octanol–water partition coefficient (Wildman–Crippen LogP) is 6.03. The van der Waals surface area contributed by atoms with E-state index in [1.165, 1.54) is 16.7 Å². The van der Waals surface area contributed by atoms with Crippen LogP contribution in [-0.2, 0) is 7.05 Å². The summed E-state index contributed by atoms with van der Waals surface area (Å²) < 4.78 is 9.79. The molecule has 206 valence electrons. The molecule has 0 spiro atoms. The Morgan fingerprint density at radius 1 is 1.10 bits per heavy atom. The van der Waals surface area contributed by atoms with Crippen LogP contribution in [0.4, 0.5) is 0 Å². The fraction of sp³-hybridized carbons (Fsp3) is 0.375. The van der Waals surface area contributed by atoms with Crippen molar-refractivity contribution in [1.29, 1.82) is 0 Å². The fourth-order valence-electron chi connectivity index (χ4n) is 6.01. The molecule has 40 heavy (non-hydrogen) atoms. The summed E-state index contributed by atoms with van der Waals surface area (Å²) in [5.41, 5.74) is 8.52. The third-order valence-electron chi connectivity index (χ3n) is 7.86. The number of rotatable bonds is 8. The van der Waals surface area contributed by atoms with Crippen LogP contribution in [0, 0.1) is 12.8 Å². The molecule has 0 saturated carbocycles. The van der Waals surface area contributed by atoms with Crippen molar-refractivity contribution in [2.45, 2.75) is 46.5 Å². The lowest BCUT2D eigenvalue weighted by Gasteiger charge is -2.22. The average Bonchev–Trinajstić information content (AvgIpc) is 3.62. The number of benzene rings is 1. The topological polar surface area (TPSA) is 73.4 Å². The number of nitrogens with zero attached hydrogens (tertiary/aromatic N) is 7. The van der Waals surface area contributed by atoms with Gasteiger partial charge in [0.05, 0.1) is 18.0 Å². The summed E-state index contributed by atoms with van der Waals surface area (Å²) in [6.07, 6.45) is 8.46. The van der Waals surface area contributed by atoms with Crippen molar-refractivity contribution in [3.63, 3.8) is 0 Å². The Morgan fingerprint density at radius 3 is 2.65 bits per heavy atom. The second-order valence-corrected chi connectivity index (χ2v) is 11.1. The van der Waals surface area contributed by atoms with Gasteiger partial charge in [0.1, 0.15) is 5.69 Å². The lowest BCUT2D eigenvalue weighted by Crippen LogP contribution is -2.25. The summed E-state index contributed by atoms with van der Waals surface area (Å²) in [4.78, 5) is 4.75. The zero-order valence-electron chi connectivity index (χ0n) is 24.2. The van der Waals surface area contributed by atoms with E-state index in [0.29, 0.717) is 24.1 Å². The van der Waals surface area contributed by atoms with Gasteiger partial charge >= 0.3 is 0 Å². The highest BCUT2D eigenvalue weighted by molar-refractivity contribution is 6.07. The normalized spacial score (nSPS) is 17.4. The van der Waals surface area contributed by atoms with Gasteiger partial charge in [-0.2, -0.15) is 20.3 Å². The molecule has 2 aliphatic rings. The number of ether oxygens (including phenoxy) is 1. The van der Waals surface area contributed by atoms with Crippen molar-refractivity contribution in [2.75, 3.05) is 19.7 Å². The first-order valence-electron chi connectivity index (χ1n) is 14.2. The van der Waals surface area contributed by atoms with Crippen molar-refractivity contribution in [3.8, 4) is 11.6 Å². The van der Waals surface area contributed by atoms with Gasteiger partial charge in [0.2, 0.25) is 5.88 Å². The molecule has 0 amide bonds. The maximum Gasteiger partial charge on any atom is 0.242 e. The van der Waals surface area contributed by atoms with E-state index in [1.54, 1.807) is 4.68 Å². The number of hydrazone groups is 1. The smallest absolute Gasteiger partial charge is 0.242 e. The number of fused-ring (bicyclic) bond motifs is 2. The first kappa shape index (κ1) is 26.0. The van der Waals surface area contributed by atoms with E-state index in [1.807, 2.05) is 24.9 Å². The molecule has 4 heterocycles. The number of aromatic nitrogens is 5. The number of pyridine rings is 1. The minimum atomic E-state index is 0.179. The van der Waals surface area contributed by atoms with E-state index in [4.69, 9.17) is 19.9 Å². The molecule has 1 aliphatic carbocycles. The van der Waals surface area contributed by atoms with Gasteiger partial charge in [-0.15, -0.1) is 0 Å². The highest BCUT2D eigenvalue weighted by Crippen LogP contribution is 2.39. The van der Waals surface area contributed by atoms with Crippen LogP contribution >= 0.6 is 0 Å². The third-order valence-corrected chi connectivity index (χ3v) is 7.86. The lowest BCUT2D eigenvalue weighted by atomic mass is 9.85. The molecule has 6 rings (SSSR count). The summed E-state index contributed by atoms with van der Waals surface area (Å²) in [6, 6.07) is 12.8. The van der Waals surface area contributed by atoms with Crippen LogP contribution in [0.1, 0.15) is 62.0 Å².